The fourth-order valence-electron chi connectivity index (χ4n) is 3.00. The van der Waals surface area contributed by atoms with Gasteiger partial charge in [0.2, 0.25) is 5.91 Å². The molecule has 1 fully saturated rings. The molecule has 0 atom stereocenters. The van der Waals surface area contributed by atoms with Crippen LogP contribution in [-0.2, 0) is 15.3 Å². The second kappa shape index (κ2) is 10.2. The zero-order valence-corrected chi connectivity index (χ0v) is 17.0. The van der Waals surface area contributed by atoms with Gasteiger partial charge in [0.25, 0.3) is 5.91 Å². The van der Waals surface area contributed by atoms with E-state index in [1.807, 2.05) is 18.2 Å². The molecule has 1 saturated heterocycles. The molecule has 0 spiro atoms. The lowest BCUT2D eigenvalue weighted by Gasteiger charge is -2.16. The first-order valence-electron chi connectivity index (χ1n) is 9.55. The van der Waals surface area contributed by atoms with Gasteiger partial charge in [-0.15, -0.1) is 0 Å². The molecule has 1 N–H and O–H groups in total. The van der Waals surface area contributed by atoms with Crippen LogP contribution in [-0.4, -0.2) is 37.3 Å². The number of rotatable bonds is 9. The Balaban J connectivity index is 1.34. The van der Waals surface area contributed by atoms with Crippen molar-refractivity contribution in [3.05, 3.63) is 59.7 Å². The van der Waals surface area contributed by atoms with Gasteiger partial charge in [0.15, 0.2) is 6.61 Å². The quantitative estimate of drug-likeness (QED) is 0.657. The first-order chi connectivity index (χ1) is 13.6. The number of carbonyl (C=O) groups is 2. The Morgan fingerprint density at radius 2 is 2.04 bits per heavy atom. The van der Waals surface area contributed by atoms with E-state index in [4.69, 9.17) is 4.74 Å². The summed E-state index contributed by atoms with van der Waals surface area (Å²) in [5.41, 5.74) is 3.38. The van der Waals surface area contributed by atoms with Crippen LogP contribution in [0.1, 0.15) is 24.0 Å². The van der Waals surface area contributed by atoms with Crippen molar-refractivity contribution in [2.75, 3.05) is 30.3 Å². The summed E-state index contributed by atoms with van der Waals surface area (Å²) in [5.74, 6) is 2.39. The van der Waals surface area contributed by atoms with Gasteiger partial charge in [0.05, 0.1) is 0 Å². The number of nitrogens with zero attached hydrogens (tertiary/aromatic N) is 1. The zero-order valence-electron chi connectivity index (χ0n) is 16.1. The Labute approximate surface area is 170 Å². The number of anilines is 1. The maximum atomic E-state index is 12.0. The van der Waals surface area contributed by atoms with E-state index in [1.54, 1.807) is 22.7 Å². The number of nitrogens with one attached hydrogen (secondary N) is 1. The lowest BCUT2D eigenvalue weighted by molar-refractivity contribution is -0.123. The molecule has 0 aliphatic carbocycles. The van der Waals surface area contributed by atoms with Crippen molar-refractivity contribution in [2.24, 2.45) is 0 Å². The fraction of sp³-hybridized carbons (Fsp3) is 0.364. The van der Waals surface area contributed by atoms with Crippen molar-refractivity contribution >= 4 is 29.3 Å². The van der Waals surface area contributed by atoms with Crippen LogP contribution in [0.3, 0.4) is 0 Å². The van der Waals surface area contributed by atoms with E-state index >= 15 is 0 Å². The summed E-state index contributed by atoms with van der Waals surface area (Å²) < 4.78 is 5.58. The lowest BCUT2D eigenvalue weighted by Crippen LogP contribution is -2.30. The molecule has 5 nitrogen and oxygen atoms in total. The topological polar surface area (TPSA) is 58.6 Å². The van der Waals surface area contributed by atoms with Crippen LogP contribution < -0.4 is 15.0 Å². The number of carbonyl (C=O) groups excluding carboxylic acids is 2. The fourth-order valence-corrected chi connectivity index (χ4v) is 3.82. The summed E-state index contributed by atoms with van der Waals surface area (Å²) in [6.07, 6.45) is 1.48. The molecule has 3 rings (SSSR count). The van der Waals surface area contributed by atoms with E-state index in [9.17, 15) is 9.59 Å². The van der Waals surface area contributed by atoms with Crippen molar-refractivity contribution in [2.45, 2.75) is 25.5 Å². The van der Waals surface area contributed by atoms with E-state index in [0.717, 1.165) is 30.2 Å². The number of ether oxygens (including phenoxy) is 1. The monoisotopic (exact) mass is 398 g/mol. The normalized spacial score (nSPS) is 13.6. The van der Waals surface area contributed by atoms with E-state index < -0.39 is 0 Å². The molecule has 148 valence electrons. The molecule has 1 aliphatic heterocycles. The molecule has 0 radical (unpaired) electrons. The number of amides is 2. The summed E-state index contributed by atoms with van der Waals surface area (Å²) in [6.45, 7) is 3.40. The first kappa shape index (κ1) is 20.3. The van der Waals surface area contributed by atoms with Gasteiger partial charge in [-0.05, 0) is 31.0 Å². The molecule has 6 heteroatoms. The summed E-state index contributed by atoms with van der Waals surface area (Å²) >= 11 is 1.79. The summed E-state index contributed by atoms with van der Waals surface area (Å²) in [6, 6.07) is 15.9. The second-order valence-corrected chi connectivity index (χ2v) is 7.93. The van der Waals surface area contributed by atoms with Gasteiger partial charge in [0.1, 0.15) is 5.75 Å². The number of thioether (sulfide) groups is 1. The Morgan fingerprint density at radius 1 is 1.21 bits per heavy atom. The van der Waals surface area contributed by atoms with Crippen LogP contribution in [0.25, 0.3) is 0 Å². The van der Waals surface area contributed by atoms with Crippen molar-refractivity contribution < 1.29 is 14.3 Å². The second-order valence-electron chi connectivity index (χ2n) is 6.82. The molecule has 0 bridgehead atoms. The maximum Gasteiger partial charge on any atom is 0.257 e. The van der Waals surface area contributed by atoms with Gasteiger partial charge in [-0.1, -0.05) is 35.9 Å². The maximum absolute atomic E-state index is 12.0. The van der Waals surface area contributed by atoms with Crippen LogP contribution in [0.4, 0.5) is 5.69 Å². The predicted molar refractivity (Wildman–Crippen MR) is 114 cm³/mol. The highest BCUT2D eigenvalue weighted by molar-refractivity contribution is 7.98. The zero-order chi connectivity index (χ0) is 19.8. The van der Waals surface area contributed by atoms with Crippen LogP contribution in [0.5, 0.6) is 5.75 Å². The number of hydrogen-bond donors (Lipinski definition) is 1. The molecular weight excluding hydrogens is 372 g/mol. The molecular formula is C22H26N2O3S. The minimum atomic E-state index is -0.140. The Hall–Kier alpha value is -2.47. The molecule has 0 aromatic heterocycles. The molecule has 2 aromatic carbocycles. The predicted octanol–water partition coefficient (Wildman–Crippen LogP) is 3.55. The van der Waals surface area contributed by atoms with Gasteiger partial charge < -0.3 is 15.0 Å². The van der Waals surface area contributed by atoms with Crippen LogP contribution >= 0.6 is 11.8 Å². The lowest BCUT2D eigenvalue weighted by atomic mass is 10.2. The van der Waals surface area contributed by atoms with Gasteiger partial charge in [-0.3, -0.25) is 9.59 Å². The number of aryl methyl sites for hydroxylation is 1. The molecule has 0 unspecified atom stereocenters. The number of hydrogen-bond acceptors (Lipinski definition) is 4. The Kier molecular flexibility index (Phi) is 7.37. The minimum absolute atomic E-state index is 0.0277. The molecule has 1 aliphatic rings. The standard InChI is InChI=1S/C22H26N2O3S/c1-17-7-9-18(10-8-17)16-28-13-11-23-21(25)15-27-20-5-2-4-19(14-20)24-12-3-6-22(24)26/h2,4-5,7-10,14H,3,6,11-13,15-16H2,1H3,(H,23,25). The summed E-state index contributed by atoms with van der Waals surface area (Å²) in [7, 11) is 0. The van der Waals surface area contributed by atoms with Crippen molar-refractivity contribution in [1.29, 1.82) is 0 Å². The molecule has 1 heterocycles. The van der Waals surface area contributed by atoms with Gasteiger partial charge in [-0.25, -0.2) is 0 Å². The third-order valence-corrected chi connectivity index (χ3v) is 5.56. The van der Waals surface area contributed by atoms with Crippen LogP contribution in [0.2, 0.25) is 0 Å². The van der Waals surface area contributed by atoms with E-state index in [0.29, 0.717) is 18.7 Å². The van der Waals surface area contributed by atoms with Crippen LogP contribution in [0, 0.1) is 6.92 Å². The highest BCUT2D eigenvalue weighted by Crippen LogP contribution is 2.25. The Bertz CT molecular complexity index is 808. The van der Waals surface area contributed by atoms with Gasteiger partial charge in [-0.2, -0.15) is 11.8 Å². The Morgan fingerprint density at radius 3 is 2.79 bits per heavy atom. The van der Waals surface area contributed by atoms with Gasteiger partial charge in [0, 0.05) is 42.8 Å². The summed E-state index contributed by atoms with van der Waals surface area (Å²) in [4.78, 5) is 25.6. The SMILES string of the molecule is Cc1ccc(CSCCNC(=O)COc2cccc(N3CCCC3=O)c2)cc1. The highest BCUT2D eigenvalue weighted by atomic mass is 32.2. The largest absolute Gasteiger partial charge is 0.484 e. The van der Waals surface area contributed by atoms with Gasteiger partial charge >= 0.3 is 0 Å². The van der Waals surface area contributed by atoms with Crippen molar-refractivity contribution in [3.8, 4) is 5.75 Å². The molecule has 28 heavy (non-hydrogen) atoms. The smallest absolute Gasteiger partial charge is 0.257 e. The summed E-state index contributed by atoms with van der Waals surface area (Å²) in [5, 5.41) is 2.88. The molecule has 2 amide bonds. The van der Waals surface area contributed by atoms with E-state index in [-0.39, 0.29) is 18.4 Å². The average Bonchev–Trinajstić information content (AvgIpc) is 3.14. The highest BCUT2D eigenvalue weighted by Gasteiger charge is 2.21. The third-order valence-electron chi connectivity index (χ3n) is 4.53. The van der Waals surface area contributed by atoms with E-state index in [1.165, 1.54) is 11.1 Å². The third kappa shape index (κ3) is 6.02. The first-order valence-corrected chi connectivity index (χ1v) is 10.7. The minimum Gasteiger partial charge on any atom is -0.484 e. The molecule has 0 saturated carbocycles. The average molecular weight is 399 g/mol. The van der Waals surface area contributed by atoms with Crippen LogP contribution in [0.15, 0.2) is 48.5 Å². The van der Waals surface area contributed by atoms with Crippen molar-refractivity contribution in [3.63, 3.8) is 0 Å². The molecule has 2 aromatic rings. The number of benzene rings is 2. The van der Waals surface area contributed by atoms with E-state index in [2.05, 4.69) is 36.5 Å². The van der Waals surface area contributed by atoms with Crippen molar-refractivity contribution in [1.82, 2.24) is 5.32 Å².